The van der Waals surface area contributed by atoms with Crippen LogP contribution in [0, 0.1) is 6.92 Å². The minimum absolute atomic E-state index is 0.322. The van der Waals surface area contributed by atoms with Crippen molar-refractivity contribution < 1.29 is 14.3 Å². The fourth-order valence-corrected chi connectivity index (χ4v) is 1.05. The summed E-state index contributed by atoms with van der Waals surface area (Å²) in [6, 6.07) is 5.12. The predicted molar refractivity (Wildman–Crippen MR) is 47.9 cm³/mol. The van der Waals surface area contributed by atoms with Crippen molar-refractivity contribution in [2.75, 3.05) is 0 Å². The SMILES string of the molecule is CC(=O)Oc1cccc(C)c1C=O. The first-order valence-corrected chi connectivity index (χ1v) is 3.88. The lowest BCUT2D eigenvalue weighted by Gasteiger charge is -2.05. The van der Waals surface area contributed by atoms with Gasteiger partial charge in [-0.05, 0) is 18.6 Å². The second-order valence-electron chi connectivity index (χ2n) is 2.70. The Morgan fingerprint density at radius 1 is 1.46 bits per heavy atom. The molecule has 1 aromatic carbocycles. The maximum atomic E-state index is 10.7. The number of carbonyl (C=O) groups excluding carboxylic acids is 2. The van der Waals surface area contributed by atoms with Gasteiger partial charge in [-0.1, -0.05) is 12.1 Å². The lowest BCUT2D eigenvalue weighted by atomic mass is 10.1. The van der Waals surface area contributed by atoms with Crippen LogP contribution in [0.3, 0.4) is 0 Å². The molecule has 0 aliphatic rings. The zero-order valence-electron chi connectivity index (χ0n) is 7.53. The van der Waals surface area contributed by atoms with Gasteiger partial charge >= 0.3 is 5.97 Å². The van der Waals surface area contributed by atoms with Crippen LogP contribution in [0.1, 0.15) is 22.8 Å². The Morgan fingerprint density at radius 2 is 2.15 bits per heavy atom. The van der Waals surface area contributed by atoms with Crippen LogP contribution in [0.15, 0.2) is 18.2 Å². The monoisotopic (exact) mass is 178 g/mol. The van der Waals surface area contributed by atoms with E-state index in [0.29, 0.717) is 17.6 Å². The van der Waals surface area contributed by atoms with E-state index in [1.807, 2.05) is 0 Å². The lowest BCUT2D eigenvalue weighted by molar-refractivity contribution is -0.131. The maximum Gasteiger partial charge on any atom is 0.308 e. The summed E-state index contributed by atoms with van der Waals surface area (Å²) >= 11 is 0. The van der Waals surface area contributed by atoms with E-state index in [1.165, 1.54) is 6.92 Å². The molecule has 1 aromatic rings. The highest BCUT2D eigenvalue weighted by atomic mass is 16.5. The molecular weight excluding hydrogens is 168 g/mol. The molecule has 0 saturated carbocycles. The van der Waals surface area contributed by atoms with Gasteiger partial charge in [-0.25, -0.2) is 0 Å². The van der Waals surface area contributed by atoms with Gasteiger partial charge in [-0.3, -0.25) is 9.59 Å². The van der Waals surface area contributed by atoms with Gasteiger partial charge in [-0.2, -0.15) is 0 Å². The van der Waals surface area contributed by atoms with Gasteiger partial charge in [0.1, 0.15) is 5.75 Å². The highest BCUT2D eigenvalue weighted by molar-refractivity contribution is 5.83. The third-order valence-corrected chi connectivity index (χ3v) is 1.66. The average molecular weight is 178 g/mol. The quantitative estimate of drug-likeness (QED) is 0.393. The Balaban J connectivity index is 3.12. The van der Waals surface area contributed by atoms with Crippen LogP contribution in [0.2, 0.25) is 0 Å². The summed E-state index contributed by atoms with van der Waals surface area (Å²) in [5.74, 6) is -0.101. The number of esters is 1. The number of carbonyl (C=O) groups is 2. The topological polar surface area (TPSA) is 43.4 Å². The Bertz CT molecular complexity index is 342. The lowest BCUT2D eigenvalue weighted by Crippen LogP contribution is -2.04. The second kappa shape index (κ2) is 3.85. The third-order valence-electron chi connectivity index (χ3n) is 1.66. The van der Waals surface area contributed by atoms with Gasteiger partial charge in [0.25, 0.3) is 0 Å². The first-order chi connectivity index (χ1) is 6.15. The van der Waals surface area contributed by atoms with Crippen LogP contribution in [0.4, 0.5) is 0 Å². The van der Waals surface area contributed by atoms with E-state index in [9.17, 15) is 9.59 Å². The van der Waals surface area contributed by atoms with Gasteiger partial charge in [0, 0.05) is 6.92 Å². The van der Waals surface area contributed by atoms with Gasteiger partial charge in [0.05, 0.1) is 5.56 Å². The van der Waals surface area contributed by atoms with Crippen LogP contribution in [-0.4, -0.2) is 12.3 Å². The predicted octanol–water partition coefficient (Wildman–Crippen LogP) is 1.73. The number of rotatable bonds is 2. The number of aryl methyl sites for hydroxylation is 1. The summed E-state index contributed by atoms with van der Waals surface area (Å²) in [6.45, 7) is 3.09. The van der Waals surface area contributed by atoms with Crippen molar-refractivity contribution in [2.24, 2.45) is 0 Å². The van der Waals surface area contributed by atoms with Crippen molar-refractivity contribution in [1.82, 2.24) is 0 Å². The van der Waals surface area contributed by atoms with Crippen molar-refractivity contribution in [3.63, 3.8) is 0 Å². The molecule has 0 aliphatic carbocycles. The molecular formula is C10H10O3. The second-order valence-corrected chi connectivity index (χ2v) is 2.70. The molecule has 68 valence electrons. The summed E-state index contributed by atoms with van der Waals surface area (Å²) < 4.78 is 4.85. The highest BCUT2D eigenvalue weighted by Crippen LogP contribution is 2.19. The molecule has 1 rings (SSSR count). The van der Waals surface area contributed by atoms with Crippen molar-refractivity contribution in [3.05, 3.63) is 29.3 Å². The fourth-order valence-electron chi connectivity index (χ4n) is 1.05. The summed E-state index contributed by atoms with van der Waals surface area (Å²) in [7, 11) is 0. The van der Waals surface area contributed by atoms with Crippen molar-refractivity contribution in [2.45, 2.75) is 13.8 Å². The van der Waals surface area contributed by atoms with Gasteiger partial charge in [-0.15, -0.1) is 0 Å². The Hall–Kier alpha value is -1.64. The number of benzene rings is 1. The zero-order chi connectivity index (χ0) is 9.84. The van der Waals surface area contributed by atoms with Crippen LogP contribution >= 0.6 is 0 Å². The molecule has 0 unspecified atom stereocenters. The normalized spacial score (nSPS) is 9.38. The van der Waals surface area contributed by atoms with Crippen LogP contribution in [0.25, 0.3) is 0 Å². The zero-order valence-corrected chi connectivity index (χ0v) is 7.53. The minimum Gasteiger partial charge on any atom is -0.426 e. The first-order valence-electron chi connectivity index (χ1n) is 3.88. The summed E-state index contributed by atoms with van der Waals surface area (Å²) in [5.41, 5.74) is 1.23. The smallest absolute Gasteiger partial charge is 0.308 e. The molecule has 0 spiro atoms. The van der Waals surface area contributed by atoms with E-state index in [-0.39, 0.29) is 0 Å². The van der Waals surface area contributed by atoms with Crippen molar-refractivity contribution >= 4 is 12.3 Å². The van der Waals surface area contributed by atoms with Crippen molar-refractivity contribution in [1.29, 1.82) is 0 Å². The molecule has 13 heavy (non-hydrogen) atoms. The molecule has 0 atom stereocenters. The summed E-state index contributed by atoms with van der Waals surface area (Å²) in [5, 5.41) is 0. The number of aldehydes is 1. The fraction of sp³-hybridized carbons (Fsp3) is 0.200. The van der Waals surface area contributed by atoms with Crippen LogP contribution in [-0.2, 0) is 4.79 Å². The van der Waals surface area contributed by atoms with Gasteiger partial charge in [0.15, 0.2) is 6.29 Å². The van der Waals surface area contributed by atoms with Gasteiger partial charge in [0.2, 0.25) is 0 Å². The molecule has 0 saturated heterocycles. The van der Waals surface area contributed by atoms with E-state index in [2.05, 4.69) is 0 Å². The maximum absolute atomic E-state index is 10.7. The largest absolute Gasteiger partial charge is 0.426 e. The van der Waals surface area contributed by atoms with Crippen molar-refractivity contribution in [3.8, 4) is 5.75 Å². The molecule has 3 nitrogen and oxygen atoms in total. The Labute approximate surface area is 76.3 Å². The number of hydrogen-bond donors (Lipinski definition) is 0. The molecule has 0 aromatic heterocycles. The van der Waals surface area contributed by atoms with Gasteiger partial charge < -0.3 is 4.74 Å². The molecule has 0 aliphatic heterocycles. The summed E-state index contributed by atoms with van der Waals surface area (Å²) in [4.78, 5) is 21.3. The molecule has 0 heterocycles. The standard InChI is InChI=1S/C10H10O3/c1-7-4-3-5-10(9(7)6-11)13-8(2)12/h3-6H,1-2H3. The van der Waals surface area contributed by atoms with E-state index in [0.717, 1.165) is 5.56 Å². The number of ether oxygens (including phenoxy) is 1. The Kier molecular flexibility index (Phi) is 2.80. The van der Waals surface area contributed by atoms with E-state index in [4.69, 9.17) is 4.74 Å². The van der Waals surface area contributed by atoms with E-state index in [1.54, 1.807) is 25.1 Å². The number of hydrogen-bond acceptors (Lipinski definition) is 3. The Morgan fingerprint density at radius 3 is 2.69 bits per heavy atom. The highest BCUT2D eigenvalue weighted by Gasteiger charge is 2.06. The molecule has 0 N–H and O–H groups in total. The van der Waals surface area contributed by atoms with E-state index < -0.39 is 5.97 Å². The molecule has 0 fully saturated rings. The molecule has 0 amide bonds. The average Bonchev–Trinajstić information content (AvgIpc) is 2.03. The van der Waals surface area contributed by atoms with Crippen LogP contribution in [0.5, 0.6) is 5.75 Å². The third kappa shape index (κ3) is 2.15. The molecule has 0 bridgehead atoms. The first kappa shape index (κ1) is 9.45. The molecule has 3 heteroatoms. The summed E-state index contributed by atoms with van der Waals surface area (Å²) in [6.07, 6.45) is 0.688. The molecule has 0 radical (unpaired) electrons. The van der Waals surface area contributed by atoms with E-state index >= 15 is 0 Å². The van der Waals surface area contributed by atoms with Crippen LogP contribution < -0.4 is 4.74 Å². The minimum atomic E-state index is -0.422.